The summed E-state index contributed by atoms with van der Waals surface area (Å²) in [5.41, 5.74) is 14.3. The fourth-order valence-electron chi connectivity index (χ4n) is 4.33. The highest BCUT2D eigenvalue weighted by Gasteiger charge is 2.20. The van der Waals surface area contributed by atoms with Gasteiger partial charge in [0.2, 0.25) is 0 Å². The van der Waals surface area contributed by atoms with E-state index in [0.717, 1.165) is 37.1 Å². The lowest BCUT2D eigenvalue weighted by Crippen LogP contribution is -2.17. The standard InChI is InChI=1S/C24H34N2S/c1-4-10-23(26-19-12-7-6-8-13-19)20(5-2)24(25)21-14-9-11-18-16-27-17(3)15-22(18)21/h9,11,14,19H,3-8,10,12-13,15-16,25H2,1-2H3. The summed E-state index contributed by atoms with van der Waals surface area (Å²) in [7, 11) is 0. The zero-order valence-electron chi connectivity index (χ0n) is 17.0. The molecule has 0 radical (unpaired) electrons. The molecular formula is C24H34N2S. The number of hydrogen-bond acceptors (Lipinski definition) is 3. The molecule has 0 amide bonds. The molecule has 3 heteroatoms. The van der Waals surface area contributed by atoms with Crippen LogP contribution in [-0.2, 0) is 12.2 Å². The van der Waals surface area contributed by atoms with Crippen LogP contribution in [0.15, 0.2) is 40.2 Å². The van der Waals surface area contributed by atoms with E-state index in [-0.39, 0.29) is 0 Å². The van der Waals surface area contributed by atoms with E-state index in [2.05, 4.69) is 38.6 Å². The van der Waals surface area contributed by atoms with Gasteiger partial charge in [-0.3, -0.25) is 4.99 Å². The Morgan fingerprint density at radius 3 is 2.70 bits per heavy atom. The number of thioether (sulfide) groups is 1. The number of fused-ring (bicyclic) bond motifs is 1. The molecular weight excluding hydrogens is 348 g/mol. The maximum absolute atomic E-state index is 6.82. The molecule has 0 bridgehead atoms. The molecule has 0 aromatic heterocycles. The van der Waals surface area contributed by atoms with Crippen molar-refractivity contribution in [3.05, 3.63) is 51.9 Å². The second-order valence-corrected chi connectivity index (χ2v) is 8.97. The van der Waals surface area contributed by atoms with E-state index in [1.54, 1.807) is 0 Å². The maximum atomic E-state index is 6.82. The SMILES string of the molecule is C=C1Cc2c(cccc2C(N)=C(CC)C(CCC)=NC2CCCCC2)CS1. The molecule has 1 aromatic rings. The third-order valence-electron chi connectivity index (χ3n) is 5.80. The average molecular weight is 383 g/mol. The van der Waals surface area contributed by atoms with Gasteiger partial charge < -0.3 is 5.73 Å². The van der Waals surface area contributed by atoms with Crippen LogP contribution in [0, 0.1) is 0 Å². The Balaban J connectivity index is 2.01. The summed E-state index contributed by atoms with van der Waals surface area (Å²) in [5, 5.41) is 0. The van der Waals surface area contributed by atoms with Crippen LogP contribution in [0.4, 0.5) is 0 Å². The van der Waals surface area contributed by atoms with Crippen LogP contribution in [0.5, 0.6) is 0 Å². The van der Waals surface area contributed by atoms with Gasteiger partial charge in [-0.15, -0.1) is 11.8 Å². The summed E-state index contributed by atoms with van der Waals surface area (Å²) in [6.45, 7) is 8.66. The molecule has 1 aromatic carbocycles. The summed E-state index contributed by atoms with van der Waals surface area (Å²) in [5.74, 6) is 1.01. The lowest BCUT2D eigenvalue weighted by Gasteiger charge is -2.24. The predicted octanol–water partition coefficient (Wildman–Crippen LogP) is 6.64. The predicted molar refractivity (Wildman–Crippen MR) is 121 cm³/mol. The van der Waals surface area contributed by atoms with Crippen LogP contribution in [0.2, 0.25) is 0 Å². The average Bonchev–Trinajstić information content (AvgIpc) is 2.69. The van der Waals surface area contributed by atoms with Crippen molar-refractivity contribution < 1.29 is 0 Å². The van der Waals surface area contributed by atoms with Crippen LogP contribution < -0.4 is 5.73 Å². The van der Waals surface area contributed by atoms with Gasteiger partial charge >= 0.3 is 0 Å². The van der Waals surface area contributed by atoms with E-state index < -0.39 is 0 Å². The molecule has 0 unspecified atom stereocenters. The summed E-state index contributed by atoms with van der Waals surface area (Å²) < 4.78 is 0. The van der Waals surface area contributed by atoms with E-state index in [1.807, 2.05) is 11.8 Å². The van der Waals surface area contributed by atoms with Crippen molar-refractivity contribution in [2.24, 2.45) is 10.7 Å². The molecule has 146 valence electrons. The number of hydrogen-bond donors (Lipinski definition) is 1. The fraction of sp³-hybridized carbons (Fsp3) is 0.542. The van der Waals surface area contributed by atoms with E-state index in [0.29, 0.717) is 6.04 Å². The molecule has 1 fully saturated rings. The molecule has 1 aliphatic carbocycles. The van der Waals surface area contributed by atoms with Crippen LogP contribution in [0.1, 0.15) is 81.9 Å². The van der Waals surface area contributed by atoms with Crippen LogP contribution >= 0.6 is 11.8 Å². The zero-order valence-corrected chi connectivity index (χ0v) is 17.8. The van der Waals surface area contributed by atoms with Crippen LogP contribution in [-0.4, -0.2) is 11.8 Å². The van der Waals surface area contributed by atoms with E-state index in [9.17, 15) is 0 Å². The second kappa shape index (κ2) is 9.64. The summed E-state index contributed by atoms with van der Waals surface area (Å²) >= 11 is 1.86. The summed E-state index contributed by atoms with van der Waals surface area (Å²) in [4.78, 5) is 6.47. The van der Waals surface area contributed by atoms with Gasteiger partial charge in [0, 0.05) is 29.1 Å². The Bertz CT molecular complexity index is 739. The first-order chi connectivity index (χ1) is 13.1. The van der Waals surface area contributed by atoms with Gasteiger partial charge in [-0.1, -0.05) is 64.3 Å². The highest BCUT2D eigenvalue weighted by atomic mass is 32.2. The zero-order chi connectivity index (χ0) is 19.2. The Hall–Kier alpha value is -1.48. The summed E-state index contributed by atoms with van der Waals surface area (Å²) in [6, 6.07) is 7.08. The van der Waals surface area contributed by atoms with Gasteiger partial charge in [0.15, 0.2) is 0 Å². The molecule has 2 nitrogen and oxygen atoms in total. The first-order valence-electron chi connectivity index (χ1n) is 10.6. The van der Waals surface area contributed by atoms with Crippen molar-refractivity contribution in [2.45, 2.75) is 83.4 Å². The largest absolute Gasteiger partial charge is 0.398 e. The maximum Gasteiger partial charge on any atom is 0.0503 e. The Labute approximate surface area is 169 Å². The number of aliphatic imine (C=N–C) groups is 1. The number of allylic oxidation sites excluding steroid dienone is 2. The molecule has 1 saturated carbocycles. The highest BCUT2D eigenvalue weighted by molar-refractivity contribution is 8.02. The third kappa shape index (κ3) is 4.87. The Kier molecular flexibility index (Phi) is 7.23. The Morgan fingerprint density at radius 2 is 2.00 bits per heavy atom. The van der Waals surface area contributed by atoms with Gasteiger partial charge in [-0.25, -0.2) is 0 Å². The van der Waals surface area contributed by atoms with E-state index in [4.69, 9.17) is 10.7 Å². The topological polar surface area (TPSA) is 38.4 Å². The van der Waals surface area contributed by atoms with Crippen molar-refractivity contribution in [1.82, 2.24) is 0 Å². The molecule has 2 N–H and O–H groups in total. The Morgan fingerprint density at radius 1 is 1.22 bits per heavy atom. The van der Waals surface area contributed by atoms with Crippen molar-refractivity contribution in [2.75, 3.05) is 0 Å². The van der Waals surface area contributed by atoms with Gasteiger partial charge in [0.1, 0.15) is 0 Å². The molecule has 27 heavy (non-hydrogen) atoms. The van der Waals surface area contributed by atoms with Gasteiger partial charge in [-0.2, -0.15) is 0 Å². The monoisotopic (exact) mass is 382 g/mol. The van der Waals surface area contributed by atoms with Crippen molar-refractivity contribution in [3.63, 3.8) is 0 Å². The first kappa shape index (κ1) is 20.3. The van der Waals surface area contributed by atoms with E-state index in [1.165, 1.54) is 65.0 Å². The number of rotatable bonds is 6. The minimum absolute atomic E-state index is 0.496. The van der Waals surface area contributed by atoms with Crippen LogP contribution in [0.25, 0.3) is 5.70 Å². The summed E-state index contributed by atoms with van der Waals surface area (Å²) in [6.07, 6.45) is 10.5. The third-order valence-corrected chi connectivity index (χ3v) is 6.80. The molecule has 2 aliphatic rings. The smallest absolute Gasteiger partial charge is 0.0503 e. The number of nitrogens with two attached hydrogens (primary N) is 1. The minimum atomic E-state index is 0.496. The lowest BCUT2D eigenvalue weighted by atomic mass is 9.91. The van der Waals surface area contributed by atoms with Crippen molar-refractivity contribution in [1.29, 1.82) is 0 Å². The highest BCUT2D eigenvalue weighted by Crippen LogP contribution is 2.36. The minimum Gasteiger partial charge on any atom is -0.398 e. The van der Waals surface area contributed by atoms with E-state index >= 15 is 0 Å². The molecule has 3 rings (SSSR count). The van der Waals surface area contributed by atoms with Crippen LogP contribution in [0.3, 0.4) is 0 Å². The first-order valence-corrected chi connectivity index (χ1v) is 11.6. The van der Waals surface area contributed by atoms with Crippen molar-refractivity contribution in [3.8, 4) is 0 Å². The molecule has 1 heterocycles. The quantitative estimate of drug-likeness (QED) is 0.560. The molecule has 0 spiro atoms. The molecule has 0 saturated heterocycles. The molecule has 0 atom stereocenters. The molecule has 1 aliphatic heterocycles. The number of nitrogens with zero attached hydrogens (tertiary/aromatic N) is 1. The van der Waals surface area contributed by atoms with Gasteiger partial charge in [0.25, 0.3) is 0 Å². The normalized spacial score (nSPS) is 19.6. The number of benzene rings is 1. The lowest BCUT2D eigenvalue weighted by molar-refractivity contribution is 0.443. The van der Waals surface area contributed by atoms with Gasteiger partial charge in [-0.05, 0) is 47.3 Å². The van der Waals surface area contributed by atoms with Gasteiger partial charge in [0.05, 0.1) is 6.04 Å². The second-order valence-electron chi connectivity index (χ2n) is 7.81. The fourth-order valence-corrected chi connectivity index (χ4v) is 5.21. The van der Waals surface area contributed by atoms with Crippen molar-refractivity contribution >= 4 is 23.2 Å².